The second-order valence-corrected chi connectivity index (χ2v) is 5.08. The molecule has 0 saturated carbocycles. The van der Waals surface area contributed by atoms with Crippen LogP contribution in [0.5, 0.6) is 0 Å². The maximum absolute atomic E-state index is 10.7. The van der Waals surface area contributed by atoms with Gasteiger partial charge in [-0.1, -0.05) is 23.8 Å². The van der Waals surface area contributed by atoms with Crippen LogP contribution in [0.3, 0.4) is 0 Å². The highest BCUT2D eigenvalue weighted by Crippen LogP contribution is 2.25. The van der Waals surface area contributed by atoms with Gasteiger partial charge >= 0.3 is 0 Å². The molecule has 1 radical (unpaired) electrons. The average molecular weight is 275 g/mol. The number of benzene rings is 1. The Labute approximate surface area is 117 Å². The van der Waals surface area contributed by atoms with E-state index in [4.69, 9.17) is 0 Å². The zero-order valence-electron chi connectivity index (χ0n) is 11.2. The molecule has 0 spiro atoms. The Bertz CT molecular complexity index is 523. The number of nitro groups is 1. The maximum Gasteiger partial charge on any atom is 0.293 e. The summed E-state index contributed by atoms with van der Waals surface area (Å²) in [6.45, 7) is 1.94. The molecule has 105 valence electrons. The quantitative estimate of drug-likeness (QED) is 0.358. The van der Waals surface area contributed by atoms with Crippen molar-refractivity contribution in [1.29, 1.82) is 0 Å². The Morgan fingerprint density at radius 3 is 3.00 bits per heavy atom. The molecule has 20 heavy (non-hydrogen) atoms. The number of aliphatic hydroxyl groups excluding tert-OH is 1. The lowest BCUT2D eigenvalue weighted by Crippen LogP contribution is -2.51. The second-order valence-electron chi connectivity index (χ2n) is 5.08. The molecule has 1 N–H and O–H groups in total. The summed E-state index contributed by atoms with van der Waals surface area (Å²) >= 11 is 0. The van der Waals surface area contributed by atoms with Crippen LogP contribution in [0.2, 0.25) is 0 Å². The van der Waals surface area contributed by atoms with E-state index in [0.717, 1.165) is 16.7 Å². The lowest BCUT2D eigenvalue weighted by molar-refractivity contribution is -0.491. The Kier molecular flexibility index (Phi) is 4.51. The van der Waals surface area contributed by atoms with E-state index in [1.165, 1.54) is 7.41 Å². The highest BCUT2D eigenvalue weighted by Gasteiger charge is 2.33. The predicted molar refractivity (Wildman–Crippen MR) is 74.6 cm³/mol. The van der Waals surface area contributed by atoms with Gasteiger partial charge in [0.1, 0.15) is 6.10 Å². The van der Waals surface area contributed by atoms with Gasteiger partial charge in [0.05, 0.1) is 6.19 Å². The van der Waals surface area contributed by atoms with Crippen molar-refractivity contribution in [3.05, 3.63) is 45.0 Å². The molecule has 2 atom stereocenters. The number of rotatable bonds is 5. The van der Waals surface area contributed by atoms with E-state index in [2.05, 4.69) is 0 Å². The number of hydrogen-bond donors (Lipinski definition) is 1. The first-order chi connectivity index (χ1) is 9.51. The van der Waals surface area contributed by atoms with Gasteiger partial charge in [-0.3, -0.25) is 10.1 Å². The molecular formula is C13H16BN2O4. The van der Waals surface area contributed by atoms with Crippen LogP contribution in [-0.4, -0.2) is 47.1 Å². The topological polar surface area (TPSA) is 83.7 Å². The predicted octanol–water partition coefficient (Wildman–Crippen LogP) is 0.169. The highest BCUT2D eigenvalue weighted by atomic mass is 16.6. The molecule has 6 nitrogen and oxygen atoms in total. The molecule has 1 aliphatic rings. The fourth-order valence-corrected chi connectivity index (χ4v) is 2.63. The van der Waals surface area contributed by atoms with Crippen molar-refractivity contribution in [2.75, 3.05) is 6.54 Å². The number of carbonyl (C=O) groups is 1. The van der Waals surface area contributed by atoms with E-state index in [-0.39, 0.29) is 0 Å². The third-order valence-corrected chi connectivity index (χ3v) is 3.60. The van der Waals surface area contributed by atoms with Crippen molar-refractivity contribution in [2.45, 2.75) is 32.0 Å². The van der Waals surface area contributed by atoms with Crippen LogP contribution in [0.4, 0.5) is 0 Å². The Hall–Kier alpha value is -1.73. The van der Waals surface area contributed by atoms with Crippen molar-refractivity contribution in [1.82, 2.24) is 4.81 Å². The van der Waals surface area contributed by atoms with E-state index in [1.54, 1.807) is 4.81 Å². The number of aliphatic hydroxyl groups is 1. The normalized spacial score (nSPS) is 20.0. The Morgan fingerprint density at radius 1 is 1.60 bits per heavy atom. The molecule has 1 aromatic carbocycles. The summed E-state index contributed by atoms with van der Waals surface area (Å²) < 4.78 is 0. The highest BCUT2D eigenvalue weighted by molar-refractivity contribution is 6.64. The van der Waals surface area contributed by atoms with Crippen LogP contribution >= 0.6 is 0 Å². The molecule has 0 bridgehead atoms. The molecule has 0 fully saturated rings. The summed E-state index contributed by atoms with van der Waals surface area (Å²) in [4.78, 5) is 22.4. The van der Waals surface area contributed by atoms with Crippen molar-refractivity contribution in [2.24, 2.45) is 0 Å². The minimum absolute atomic E-state index is 0.445. The van der Waals surface area contributed by atoms with Crippen molar-refractivity contribution >= 4 is 13.6 Å². The molecule has 7 heteroatoms. The largest absolute Gasteiger partial charge is 0.385 e. The zero-order valence-corrected chi connectivity index (χ0v) is 11.2. The van der Waals surface area contributed by atoms with Crippen molar-refractivity contribution in [3.8, 4) is 0 Å². The van der Waals surface area contributed by atoms with Crippen molar-refractivity contribution in [3.63, 3.8) is 0 Å². The summed E-state index contributed by atoms with van der Waals surface area (Å²) in [6.07, 6.45) is 0.0383. The van der Waals surface area contributed by atoms with Gasteiger partial charge < -0.3 is 14.7 Å². The summed E-state index contributed by atoms with van der Waals surface area (Å²) in [5, 5.41) is 20.6. The summed E-state index contributed by atoms with van der Waals surface area (Å²) in [6, 6.07) is 5.57. The Balaban J connectivity index is 2.24. The molecule has 1 aromatic rings. The van der Waals surface area contributed by atoms with Gasteiger partial charge in [0.2, 0.25) is 6.54 Å². The molecule has 0 aliphatic carbocycles. The van der Waals surface area contributed by atoms with E-state index in [9.17, 15) is 20.0 Å². The SMILES string of the molecule is Cc1ccc2c(c1)C[C@@H]([C@H](O)C[N+](=O)[O-])N([B]C=O)C2. The second kappa shape index (κ2) is 6.15. The molecule has 0 amide bonds. The number of carbonyl (C=O) groups excluding carboxylic acids is 1. The smallest absolute Gasteiger partial charge is 0.293 e. The van der Waals surface area contributed by atoms with Crippen LogP contribution < -0.4 is 0 Å². The van der Waals surface area contributed by atoms with E-state index < -0.39 is 23.6 Å². The monoisotopic (exact) mass is 275 g/mol. The van der Waals surface area contributed by atoms with Gasteiger partial charge in [-0.15, -0.1) is 0 Å². The third kappa shape index (κ3) is 3.23. The molecule has 0 saturated heterocycles. The van der Waals surface area contributed by atoms with Gasteiger partial charge in [-0.25, -0.2) is 0 Å². The fourth-order valence-electron chi connectivity index (χ4n) is 2.63. The van der Waals surface area contributed by atoms with Gasteiger partial charge in [0, 0.05) is 17.5 Å². The molecular weight excluding hydrogens is 259 g/mol. The minimum atomic E-state index is -1.10. The first kappa shape index (κ1) is 14.7. The average Bonchev–Trinajstić information content (AvgIpc) is 2.37. The van der Waals surface area contributed by atoms with Crippen LogP contribution in [0.1, 0.15) is 16.7 Å². The number of fused-ring (bicyclic) bond motifs is 1. The van der Waals surface area contributed by atoms with E-state index in [0.29, 0.717) is 19.2 Å². The maximum atomic E-state index is 10.7. The number of hydrogen-bond acceptors (Lipinski definition) is 5. The molecule has 0 unspecified atom stereocenters. The minimum Gasteiger partial charge on any atom is -0.385 e. The van der Waals surface area contributed by atoms with Gasteiger partial charge in [0.25, 0.3) is 7.41 Å². The van der Waals surface area contributed by atoms with Crippen LogP contribution in [0.25, 0.3) is 0 Å². The van der Waals surface area contributed by atoms with E-state index >= 15 is 0 Å². The van der Waals surface area contributed by atoms with Crippen molar-refractivity contribution < 1.29 is 14.8 Å². The van der Waals surface area contributed by atoms with Gasteiger partial charge in [-0.2, -0.15) is 0 Å². The number of nitrogens with zero attached hydrogens (tertiary/aromatic N) is 2. The zero-order chi connectivity index (χ0) is 14.7. The lowest BCUT2D eigenvalue weighted by atomic mass is 9.81. The fraction of sp³-hybridized carbons (Fsp3) is 0.462. The van der Waals surface area contributed by atoms with Crippen LogP contribution in [-0.2, 0) is 17.8 Å². The first-order valence-electron chi connectivity index (χ1n) is 6.44. The molecule has 1 aliphatic heterocycles. The lowest BCUT2D eigenvalue weighted by Gasteiger charge is -2.37. The Morgan fingerprint density at radius 2 is 2.35 bits per heavy atom. The van der Waals surface area contributed by atoms with Crippen LogP contribution in [0.15, 0.2) is 18.2 Å². The van der Waals surface area contributed by atoms with E-state index in [1.807, 2.05) is 25.1 Å². The summed E-state index contributed by atoms with van der Waals surface area (Å²) in [7, 11) is 1.34. The standard InChI is InChI=1S/C13H16BN2O4/c1-9-2-3-10-6-15(14-8-17)12(5-11(10)4-9)13(18)7-16(19)20/h2-4,8,12-13,18H,5-7H2,1H3/t12-,13+/m0/s1. The molecule has 1 heterocycles. The summed E-state index contributed by atoms with van der Waals surface area (Å²) in [5.74, 6) is 0. The summed E-state index contributed by atoms with van der Waals surface area (Å²) in [5.41, 5.74) is 3.27. The molecule has 0 aromatic heterocycles. The number of aryl methyl sites for hydroxylation is 1. The van der Waals surface area contributed by atoms with Gasteiger partial charge in [-0.05, 0) is 24.5 Å². The van der Waals surface area contributed by atoms with Crippen LogP contribution in [0, 0.1) is 17.0 Å². The molecule has 2 rings (SSSR count). The van der Waals surface area contributed by atoms with Gasteiger partial charge in [0.15, 0.2) is 0 Å². The first-order valence-corrected chi connectivity index (χ1v) is 6.44. The third-order valence-electron chi connectivity index (χ3n) is 3.60.